The topological polar surface area (TPSA) is 89.0 Å². The Morgan fingerprint density at radius 1 is 1.06 bits per heavy atom. The summed E-state index contributed by atoms with van der Waals surface area (Å²) in [6.45, 7) is 2.07. The molecule has 1 saturated heterocycles. The van der Waals surface area contributed by atoms with E-state index in [0.29, 0.717) is 23.7 Å². The van der Waals surface area contributed by atoms with E-state index in [9.17, 15) is 23.5 Å². The first kappa shape index (κ1) is 22.9. The van der Waals surface area contributed by atoms with Gasteiger partial charge in [-0.3, -0.25) is 19.5 Å². The predicted octanol–water partition coefficient (Wildman–Crippen LogP) is 4.39. The first-order chi connectivity index (χ1) is 16.4. The minimum Gasteiger partial charge on any atom is -0.507 e. The molecule has 0 bridgehead atoms. The van der Waals surface area contributed by atoms with Crippen LogP contribution >= 0.6 is 0 Å². The molecule has 4 rings (SSSR count). The summed E-state index contributed by atoms with van der Waals surface area (Å²) in [7, 11) is 1.45. The molecule has 2 heterocycles. The van der Waals surface area contributed by atoms with Gasteiger partial charge in [-0.25, -0.2) is 8.78 Å². The lowest BCUT2D eigenvalue weighted by Gasteiger charge is -2.26. The van der Waals surface area contributed by atoms with Gasteiger partial charge < -0.3 is 14.6 Å². The van der Waals surface area contributed by atoms with Crippen molar-refractivity contribution in [2.45, 2.75) is 13.0 Å². The first-order valence-corrected chi connectivity index (χ1v) is 10.3. The number of ketones is 1. The molecule has 0 radical (unpaired) electrons. The number of amides is 1. The fourth-order valence-corrected chi connectivity index (χ4v) is 3.86. The first-order valence-electron chi connectivity index (χ1n) is 10.3. The van der Waals surface area contributed by atoms with Crippen molar-refractivity contribution in [3.8, 4) is 11.5 Å². The van der Waals surface area contributed by atoms with Gasteiger partial charge >= 0.3 is 0 Å². The van der Waals surface area contributed by atoms with Crippen molar-refractivity contribution in [2.75, 3.05) is 18.6 Å². The molecule has 1 aromatic heterocycles. The second-order valence-corrected chi connectivity index (χ2v) is 7.34. The highest BCUT2D eigenvalue weighted by molar-refractivity contribution is 6.51. The van der Waals surface area contributed by atoms with Crippen molar-refractivity contribution in [2.24, 2.45) is 0 Å². The molecule has 0 saturated carbocycles. The van der Waals surface area contributed by atoms with E-state index in [-0.39, 0.29) is 11.1 Å². The van der Waals surface area contributed by atoms with Gasteiger partial charge in [0, 0.05) is 24.0 Å². The van der Waals surface area contributed by atoms with Crippen LogP contribution in [-0.2, 0) is 9.59 Å². The van der Waals surface area contributed by atoms with Gasteiger partial charge in [-0.2, -0.15) is 0 Å². The number of Topliss-reactive ketones (excluding diaryl/α,β-unsaturated/α-hetero) is 1. The SMILES string of the molecule is CCOc1cc(C2/C(=C(\O)c3ccncc3)C(=O)C(=O)N2c2cc(F)ccc2F)ccc1OC. The Bertz CT molecular complexity index is 1290. The summed E-state index contributed by atoms with van der Waals surface area (Å²) in [6.07, 6.45) is 2.82. The molecule has 174 valence electrons. The van der Waals surface area contributed by atoms with E-state index in [0.717, 1.165) is 23.1 Å². The summed E-state index contributed by atoms with van der Waals surface area (Å²) >= 11 is 0. The van der Waals surface area contributed by atoms with E-state index >= 15 is 0 Å². The maximum absolute atomic E-state index is 14.8. The van der Waals surface area contributed by atoms with Gasteiger partial charge in [0.25, 0.3) is 11.7 Å². The van der Waals surface area contributed by atoms with Gasteiger partial charge in [0.05, 0.1) is 31.0 Å². The Morgan fingerprint density at radius 2 is 1.79 bits per heavy atom. The molecule has 1 amide bonds. The van der Waals surface area contributed by atoms with Crippen LogP contribution < -0.4 is 14.4 Å². The predicted molar refractivity (Wildman–Crippen MR) is 120 cm³/mol. The van der Waals surface area contributed by atoms with Crippen LogP contribution in [0.4, 0.5) is 14.5 Å². The average molecular weight is 466 g/mol. The second kappa shape index (κ2) is 9.30. The number of carbonyl (C=O) groups excluding carboxylic acids is 2. The van der Waals surface area contributed by atoms with Crippen molar-refractivity contribution in [1.82, 2.24) is 4.98 Å². The fourth-order valence-electron chi connectivity index (χ4n) is 3.86. The van der Waals surface area contributed by atoms with Crippen LogP contribution in [0.2, 0.25) is 0 Å². The van der Waals surface area contributed by atoms with E-state index < -0.39 is 40.8 Å². The van der Waals surface area contributed by atoms with Gasteiger partial charge in [0.15, 0.2) is 11.5 Å². The van der Waals surface area contributed by atoms with E-state index in [1.165, 1.54) is 37.7 Å². The molecule has 1 fully saturated rings. The van der Waals surface area contributed by atoms with Gasteiger partial charge in [-0.15, -0.1) is 0 Å². The largest absolute Gasteiger partial charge is 0.507 e. The molecular weight excluding hydrogens is 446 g/mol. The van der Waals surface area contributed by atoms with Crippen molar-refractivity contribution in [1.29, 1.82) is 0 Å². The molecule has 2 aromatic carbocycles. The minimum atomic E-state index is -1.27. The molecule has 1 aliphatic heterocycles. The van der Waals surface area contributed by atoms with E-state index in [1.807, 2.05) is 0 Å². The average Bonchev–Trinajstić information content (AvgIpc) is 3.11. The lowest BCUT2D eigenvalue weighted by molar-refractivity contribution is -0.132. The number of nitrogens with zero attached hydrogens (tertiary/aromatic N) is 2. The summed E-state index contributed by atoms with van der Waals surface area (Å²) < 4.78 is 39.7. The molecule has 0 spiro atoms. The van der Waals surface area contributed by atoms with Crippen LogP contribution in [0.1, 0.15) is 24.1 Å². The van der Waals surface area contributed by atoms with Crippen LogP contribution in [0.15, 0.2) is 66.5 Å². The van der Waals surface area contributed by atoms with Gasteiger partial charge in [0.1, 0.15) is 17.4 Å². The number of hydrogen-bond donors (Lipinski definition) is 1. The normalized spacial score (nSPS) is 17.2. The summed E-state index contributed by atoms with van der Waals surface area (Å²) in [5, 5.41) is 11.0. The number of ether oxygens (including phenoxy) is 2. The standard InChI is InChI=1S/C25H20F2N2O5/c1-3-34-20-12-15(4-7-19(20)33-2)22-21(23(30)14-8-10-28-11-9-14)24(31)25(32)29(22)18-13-16(26)5-6-17(18)27/h4-13,22,30H,3H2,1-2H3/b23-21+. The second-order valence-electron chi connectivity index (χ2n) is 7.34. The smallest absolute Gasteiger partial charge is 0.300 e. The summed E-state index contributed by atoms with van der Waals surface area (Å²) in [4.78, 5) is 30.9. The zero-order chi connectivity index (χ0) is 24.4. The maximum Gasteiger partial charge on any atom is 0.300 e. The van der Waals surface area contributed by atoms with Crippen LogP contribution in [-0.4, -0.2) is 35.5 Å². The van der Waals surface area contributed by atoms with Gasteiger partial charge in [0.2, 0.25) is 0 Å². The third-order valence-corrected chi connectivity index (χ3v) is 5.37. The number of pyridine rings is 1. The Balaban J connectivity index is 1.99. The number of aromatic nitrogens is 1. The summed E-state index contributed by atoms with van der Waals surface area (Å²) in [5.74, 6) is -3.62. The van der Waals surface area contributed by atoms with Crippen molar-refractivity contribution in [3.63, 3.8) is 0 Å². The Kier molecular flexibility index (Phi) is 6.27. The minimum absolute atomic E-state index is 0.233. The van der Waals surface area contributed by atoms with Crippen LogP contribution in [0.3, 0.4) is 0 Å². The molecule has 1 unspecified atom stereocenters. The number of benzene rings is 2. The number of halogens is 2. The molecule has 34 heavy (non-hydrogen) atoms. The zero-order valence-corrected chi connectivity index (χ0v) is 18.3. The fraction of sp³-hybridized carbons (Fsp3) is 0.160. The van der Waals surface area contributed by atoms with Crippen molar-refractivity contribution in [3.05, 3.63) is 89.3 Å². The summed E-state index contributed by atoms with van der Waals surface area (Å²) in [5.41, 5.74) is -0.166. The molecule has 0 aliphatic carbocycles. The quantitative estimate of drug-likeness (QED) is 0.329. The molecule has 7 nitrogen and oxygen atoms in total. The number of anilines is 1. The maximum atomic E-state index is 14.8. The van der Waals surface area contributed by atoms with Crippen molar-refractivity contribution >= 4 is 23.1 Å². The molecule has 1 N–H and O–H groups in total. The number of hydrogen-bond acceptors (Lipinski definition) is 6. The highest BCUT2D eigenvalue weighted by Gasteiger charge is 2.48. The van der Waals surface area contributed by atoms with Gasteiger partial charge in [-0.1, -0.05) is 6.07 Å². The third-order valence-electron chi connectivity index (χ3n) is 5.37. The van der Waals surface area contributed by atoms with Crippen LogP contribution in [0.5, 0.6) is 11.5 Å². The number of carbonyl (C=O) groups is 2. The number of aliphatic hydroxyl groups is 1. The monoisotopic (exact) mass is 466 g/mol. The molecule has 3 aromatic rings. The lowest BCUT2D eigenvalue weighted by atomic mass is 9.95. The molecule has 1 aliphatic rings. The number of rotatable bonds is 6. The highest BCUT2D eigenvalue weighted by atomic mass is 19.1. The third kappa shape index (κ3) is 3.96. The van der Waals surface area contributed by atoms with Gasteiger partial charge in [-0.05, 0) is 48.9 Å². The van der Waals surface area contributed by atoms with E-state index in [2.05, 4.69) is 4.98 Å². The highest BCUT2D eigenvalue weighted by Crippen LogP contribution is 2.44. The Labute approximate surface area is 193 Å². The molecule has 9 heteroatoms. The molecule has 1 atom stereocenters. The molecular formula is C25H20F2N2O5. The number of methoxy groups -OCH3 is 1. The van der Waals surface area contributed by atoms with Crippen LogP contribution in [0.25, 0.3) is 5.76 Å². The van der Waals surface area contributed by atoms with E-state index in [4.69, 9.17) is 9.47 Å². The number of aliphatic hydroxyl groups excluding tert-OH is 1. The van der Waals surface area contributed by atoms with Crippen molar-refractivity contribution < 1.29 is 33.0 Å². The zero-order valence-electron chi connectivity index (χ0n) is 18.3. The summed E-state index contributed by atoms with van der Waals surface area (Å²) in [6, 6.07) is 8.90. The Hall–Kier alpha value is -4.27. The van der Waals surface area contributed by atoms with E-state index in [1.54, 1.807) is 19.1 Å². The Morgan fingerprint density at radius 3 is 2.47 bits per heavy atom. The lowest BCUT2D eigenvalue weighted by Crippen LogP contribution is -2.30. The van der Waals surface area contributed by atoms with Crippen LogP contribution in [0, 0.1) is 11.6 Å².